The molecule has 0 spiro atoms. The molecule has 0 radical (unpaired) electrons. The third-order valence-corrected chi connectivity index (χ3v) is 2.39. The Morgan fingerprint density at radius 2 is 2.29 bits per heavy atom. The van der Waals surface area contributed by atoms with E-state index in [0.29, 0.717) is 5.82 Å². The van der Waals surface area contributed by atoms with Crippen molar-refractivity contribution in [3.8, 4) is 0 Å². The smallest absolute Gasteiger partial charge is 0.152 e. The molecule has 1 heterocycles. The highest BCUT2D eigenvalue weighted by atomic mass is 79.9. The van der Waals surface area contributed by atoms with Crippen LogP contribution in [0.5, 0.6) is 0 Å². The first-order chi connectivity index (χ1) is 6.59. The third kappa shape index (κ3) is 3.30. The summed E-state index contributed by atoms with van der Waals surface area (Å²) >= 11 is 3.37. The first kappa shape index (κ1) is 10.9. The van der Waals surface area contributed by atoms with Gasteiger partial charge in [0.05, 0.1) is 5.69 Å². The number of hydrogen-bond acceptors (Lipinski definition) is 3. The van der Waals surface area contributed by atoms with Crippen LogP contribution >= 0.6 is 15.9 Å². The molecule has 0 aliphatic carbocycles. The standard InChI is InChI=1S/C10H12BrN3/c1-7(12)5-6-13-10-4-3-9(11)8(2)14-10/h3-6H,12H2,1-2H3. The lowest BCUT2D eigenvalue weighted by atomic mass is 10.4. The number of halogens is 1. The predicted molar refractivity (Wildman–Crippen MR) is 62.8 cm³/mol. The number of aliphatic imine (C=N–C) groups is 1. The molecule has 14 heavy (non-hydrogen) atoms. The normalized spacial score (nSPS) is 12.4. The third-order valence-electron chi connectivity index (χ3n) is 1.55. The first-order valence-corrected chi connectivity index (χ1v) is 4.98. The van der Waals surface area contributed by atoms with Crippen LogP contribution in [0.3, 0.4) is 0 Å². The summed E-state index contributed by atoms with van der Waals surface area (Å²) in [6.45, 7) is 3.74. The number of pyridine rings is 1. The van der Waals surface area contributed by atoms with Crippen LogP contribution in [-0.2, 0) is 0 Å². The zero-order valence-electron chi connectivity index (χ0n) is 8.16. The van der Waals surface area contributed by atoms with Crippen molar-refractivity contribution in [2.75, 3.05) is 0 Å². The summed E-state index contributed by atoms with van der Waals surface area (Å²) in [4.78, 5) is 8.39. The Morgan fingerprint density at radius 3 is 2.86 bits per heavy atom. The fourth-order valence-corrected chi connectivity index (χ4v) is 1.05. The predicted octanol–water partition coefficient (Wildman–Crippen LogP) is 2.72. The van der Waals surface area contributed by atoms with Gasteiger partial charge in [0.15, 0.2) is 5.82 Å². The Hall–Kier alpha value is -1.16. The van der Waals surface area contributed by atoms with Crippen LogP contribution in [0.1, 0.15) is 12.6 Å². The Kier molecular flexibility index (Phi) is 3.83. The quantitative estimate of drug-likeness (QED) is 0.825. The number of nitrogens with two attached hydrogens (primary N) is 1. The van der Waals surface area contributed by atoms with E-state index < -0.39 is 0 Å². The van der Waals surface area contributed by atoms with E-state index in [1.807, 2.05) is 26.0 Å². The molecule has 0 atom stereocenters. The van der Waals surface area contributed by atoms with E-state index in [4.69, 9.17) is 5.73 Å². The Bertz CT molecular complexity index is 379. The summed E-state index contributed by atoms with van der Waals surface area (Å²) < 4.78 is 0.988. The molecule has 0 aliphatic heterocycles. The van der Waals surface area contributed by atoms with E-state index in [1.54, 1.807) is 12.3 Å². The molecule has 3 nitrogen and oxygen atoms in total. The molecule has 1 rings (SSSR count). The van der Waals surface area contributed by atoms with Crippen molar-refractivity contribution in [1.29, 1.82) is 0 Å². The second-order valence-electron chi connectivity index (χ2n) is 2.93. The molecule has 0 aliphatic rings. The molecule has 1 aromatic heterocycles. The maximum absolute atomic E-state index is 5.45. The highest BCUT2D eigenvalue weighted by molar-refractivity contribution is 9.10. The summed E-state index contributed by atoms with van der Waals surface area (Å²) in [5.74, 6) is 0.684. The van der Waals surface area contributed by atoms with E-state index in [-0.39, 0.29) is 0 Å². The summed E-state index contributed by atoms with van der Waals surface area (Å²) in [5, 5.41) is 0. The average molecular weight is 254 g/mol. The number of nitrogens with zero attached hydrogens (tertiary/aromatic N) is 2. The minimum Gasteiger partial charge on any atom is -0.402 e. The van der Waals surface area contributed by atoms with Crippen molar-refractivity contribution in [2.45, 2.75) is 13.8 Å². The van der Waals surface area contributed by atoms with E-state index in [2.05, 4.69) is 25.9 Å². The molecule has 1 aromatic rings. The SMILES string of the molecule is CC(N)=CC=Nc1ccc(Br)c(C)n1. The second-order valence-corrected chi connectivity index (χ2v) is 3.78. The van der Waals surface area contributed by atoms with Crippen LogP contribution in [0.4, 0.5) is 5.82 Å². The molecular formula is C10H12BrN3. The van der Waals surface area contributed by atoms with Crippen LogP contribution in [-0.4, -0.2) is 11.2 Å². The number of aryl methyl sites for hydroxylation is 1. The summed E-state index contributed by atoms with van der Waals surface area (Å²) in [6, 6.07) is 3.77. The summed E-state index contributed by atoms with van der Waals surface area (Å²) in [7, 11) is 0. The van der Waals surface area contributed by atoms with Gasteiger partial charge in [0, 0.05) is 16.4 Å². The van der Waals surface area contributed by atoms with E-state index in [1.165, 1.54) is 0 Å². The molecule has 0 saturated carbocycles. The highest BCUT2D eigenvalue weighted by Gasteiger charge is 1.95. The van der Waals surface area contributed by atoms with Gasteiger partial charge in [-0.05, 0) is 48.0 Å². The molecule has 74 valence electrons. The Balaban J connectivity index is 2.83. The van der Waals surface area contributed by atoms with Gasteiger partial charge in [-0.2, -0.15) is 0 Å². The molecule has 0 fully saturated rings. The average Bonchev–Trinajstić information content (AvgIpc) is 2.10. The van der Waals surface area contributed by atoms with E-state index in [9.17, 15) is 0 Å². The molecular weight excluding hydrogens is 242 g/mol. The fraction of sp³-hybridized carbons (Fsp3) is 0.200. The van der Waals surface area contributed by atoms with Crippen LogP contribution in [0.15, 0.2) is 33.4 Å². The highest BCUT2D eigenvalue weighted by Crippen LogP contribution is 2.17. The van der Waals surface area contributed by atoms with Gasteiger partial charge in [-0.3, -0.25) is 0 Å². The van der Waals surface area contributed by atoms with Gasteiger partial charge >= 0.3 is 0 Å². The minimum absolute atomic E-state index is 0.684. The van der Waals surface area contributed by atoms with Crippen molar-refractivity contribution in [1.82, 2.24) is 4.98 Å². The lowest BCUT2D eigenvalue weighted by Crippen LogP contribution is -1.89. The van der Waals surface area contributed by atoms with Crippen LogP contribution in [0, 0.1) is 6.92 Å². The second kappa shape index (κ2) is 4.91. The van der Waals surface area contributed by atoms with Crippen LogP contribution in [0.2, 0.25) is 0 Å². The van der Waals surface area contributed by atoms with Gasteiger partial charge in [0.25, 0.3) is 0 Å². The van der Waals surface area contributed by atoms with E-state index >= 15 is 0 Å². The maximum atomic E-state index is 5.45. The lowest BCUT2D eigenvalue weighted by molar-refractivity contribution is 1.16. The molecule has 2 N–H and O–H groups in total. The van der Waals surface area contributed by atoms with Crippen molar-refractivity contribution >= 4 is 28.0 Å². The zero-order valence-corrected chi connectivity index (χ0v) is 9.75. The van der Waals surface area contributed by atoms with Gasteiger partial charge in [-0.15, -0.1) is 0 Å². The van der Waals surface area contributed by atoms with Gasteiger partial charge in [-0.25, -0.2) is 9.98 Å². The van der Waals surface area contributed by atoms with Crippen molar-refractivity contribution in [3.63, 3.8) is 0 Å². The van der Waals surface area contributed by atoms with Gasteiger partial charge in [-0.1, -0.05) is 0 Å². The van der Waals surface area contributed by atoms with Crippen molar-refractivity contribution in [3.05, 3.63) is 34.1 Å². The maximum Gasteiger partial charge on any atom is 0.152 e. The number of rotatable bonds is 2. The molecule has 0 aromatic carbocycles. The first-order valence-electron chi connectivity index (χ1n) is 4.19. The Labute approximate surface area is 91.9 Å². The zero-order chi connectivity index (χ0) is 10.6. The Morgan fingerprint density at radius 1 is 1.57 bits per heavy atom. The molecule has 0 amide bonds. The van der Waals surface area contributed by atoms with E-state index in [0.717, 1.165) is 15.9 Å². The van der Waals surface area contributed by atoms with Crippen LogP contribution < -0.4 is 5.73 Å². The molecule has 0 unspecified atom stereocenters. The van der Waals surface area contributed by atoms with Crippen molar-refractivity contribution < 1.29 is 0 Å². The number of aromatic nitrogens is 1. The van der Waals surface area contributed by atoms with Crippen molar-refractivity contribution in [2.24, 2.45) is 10.7 Å². The topological polar surface area (TPSA) is 51.3 Å². The number of hydrogen-bond donors (Lipinski definition) is 1. The summed E-state index contributed by atoms with van der Waals surface area (Å²) in [6.07, 6.45) is 3.38. The summed E-state index contributed by atoms with van der Waals surface area (Å²) in [5.41, 5.74) is 7.10. The van der Waals surface area contributed by atoms with Gasteiger partial charge < -0.3 is 5.73 Å². The number of allylic oxidation sites excluding steroid dienone is 2. The minimum atomic E-state index is 0.684. The lowest BCUT2D eigenvalue weighted by Gasteiger charge is -1.97. The largest absolute Gasteiger partial charge is 0.402 e. The monoisotopic (exact) mass is 253 g/mol. The van der Waals surface area contributed by atoms with Gasteiger partial charge in [0.2, 0.25) is 0 Å². The molecule has 4 heteroatoms. The van der Waals surface area contributed by atoms with Crippen LogP contribution in [0.25, 0.3) is 0 Å². The molecule has 0 saturated heterocycles. The van der Waals surface area contributed by atoms with Gasteiger partial charge in [0.1, 0.15) is 0 Å². The molecule has 0 bridgehead atoms. The fourth-order valence-electron chi connectivity index (χ4n) is 0.834.